The topological polar surface area (TPSA) is 57.3 Å². The molecule has 2 N–H and O–H groups in total. The van der Waals surface area contributed by atoms with Crippen molar-refractivity contribution >= 4 is 40.4 Å². The Morgan fingerprint density at radius 2 is 1.81 bits per heavy atom. The fourth-order valence-electron chi connectivity index (χ4n) is 2.57. The molecule has 3 aromatic rings. The Bertz CT molecular complexity index is 955. The van der Waals surface area contributed by atoms with E-state index in [4.69, 9.17) is 11.6 Å². The number of nitrogens with zero attached hydrogens (tertiary/aromatic N) is 2. The van der Waals surface area contributed by atoms with E-state index in [1.165, 1.54) is 0 Å². The summed E-state index contributed by atoms with van der Waals surface area (Å²) in [5.74, 6) is 0.386. The van der Waals surface area contributed by atoms with Crippen molar-refractivity contribution in [1.82, 2.24) is 4.98 Å². The third-order valence-electron chi connectivity index (χ3n) is 4.19. The van der Waals surface area contributed by atoms with E-state index >= 15 is 0 Å². The smallest absolute Gasteiger partial charge is 0.255 e. The first-order chi connectivity index (χ1) is 12.9. The standard InChI is InChI=1S/C21H21ClN4O/c1-14-18(22)5-4-6-19(14)25-20-13-15(11-12-23-20)21(27)24-16-7-9-17(10-8-16)26(2)3/h4-13H,1-3H3,(H,23,25)(H,24,27). The summed E-state index contributed by atoms with van der Waals surface area (Å²) in [7, 11) is 3.95. The maximum Gasteiger partial charge on any atom is 0.255 e. The second-order valence-corrected chi connectivity index (χ2v) is 6.77. The van der Waals surface area contributed by atoms with Gasteiger partial charge in [0.25, 0.3) is 5.91 Å². The maximum atomic E-state index is 12.6. The zero-order valence-electron chi connectivity index (χ0n) is 15.5. The molecule has 3 rings (SSSR count). The molecule has 1 heterocycles. The molecule has 0 atom stereocenters. The second-order valence-electron chi connectivity index (χ2n) is 6.36. The number of hydrogen-bond acceptors (Lipinski definition) is 4. The van der Waals surface area contributed by atoms with Crippen LogP contribution in [0.4, 0.5) is 22.9 Å². The average Bonchev–Trinajstić information content (AvgIpc) is 2.66. The summed E-state index contributed by atoms with van der Waals surface area (Å²) in [5, 5.41) is 6.79. The van der Waals surface area contributed by atoms with Gasteiger partial charge >= 0.3 is 0 Å². The van der Waals surface area contributed by atoms with Crippen LogP contribution in [0.3, 0.4) is 0 Å². The number of amides is 1. The molecule has 0 bridgehead atoms. The van der Waals surface area contributed by atoms with Crippen molar-refractivity contribution < 1.29 is 4.79 Å². The van der Waals surface area contributed by atoms with Gasteiger partial charge in [-0.05, 0) is 61.0 Å². The van der Waals surface area contributed by atoms with Crippen LogP contribution in [-0.2, 0) is 0 Å². The fraction of sp³-hybridized carbons (Fsp3) is 0.143. The molecule has 0 radical (unpaired) electrons. The first-order valence-corrected chi connectivity index (χ1v) is 8.89. The second kappa shape index (κ2) is 8.10. The number of benzene rings is 2. The lowest BCUT2D eigenvalue weighted by molar-refractivity contribution is 0.102. The van der Waals surface area contributed by atoms with Crippen molar-refractivity contribution in [3.63, 3.8) is 0 Å². The first kappa shape index (κ1) is 18.7. The highest BCUT2D eigenvalue weighted by molar-refractivity contribution is 6.31. The maximum absolute atomic E-state index is 12.6. The third-order valence-corrected chi connectivity index (χ3v) is 4.60. The number of hydrogen-bond donors (Lipinski definition) is 2. The molecule has 1 aromatic heterocycles. The highest BCUT2D eigenvalue weighted by Crippen LogP contribution is 2.25. The minimum absolute atomic E-state index is 0.194. The Kier molecular flexibility index (Phi) is 5.62. The molecule has 0 fully saturated rings. The van der Waals surface area contributed by atoms with E-state index in [1.54, 1.807) is 18.3 Å². The summed E-state index contributed by atoms with van der Waals surface area (Å²) < 4.78 is 0. The van der Waals surface area contributed by atoms with Crippen LogP contribution in [0.1, 0.15) is 15.9 Å². The summed E-state index contributed by atoms with van der Waals surface area (Å²) in [4.78, 5) is 18.9. The van der Waals surface area contributed by atoms with Crippen LogP contribution in [0.5, 0.6) is 0 Å². The van der Waals surface area contributed by atoms with Crippen LogP contribution in [0.15, 0.2) is 60.8 Å². The summed E-state index contributed by atoms with van der Waals surface area (Å²) in [6, 6.07) is 16.7. The van der Waals surface area contributed by atoms with Gasteiger partial charge in [-0.1, -0.05) is 17.7 Å². The van der Waals surface area contributed by atoms with E-state index in [9.17, 15) is 4.79 Å². The van der Waals surface area contributed by atoms with Crippen molar-refractivity contribution in [3.05, 3.63) is 76.9 Å². The average molecular weight is 381 g/mol. The van der Waals surface area contributed by atoms with Gasteiger partial charge in [0.1, 0.15) is 5.82 Å². The SMILES string of the molecule is Cc1c(Cl)cccc1Nc1cc(C(=O)Nc2ccc(N(C)C)cc2)ccn1. The van der Waals surface area contributed by atoms with Crippen molar-refractivity contribution in [2.24, 2.45) is 0 Å². The molecule has 0 spiro atoms. The lowest BCUT2D eigenvalue weighted by Gasteiger charge is -2.13. The number of anilines is 4. The van der Waals surface area contributed by atoms with Gasteiger partial charge in [-0.3, -0.25) is 4.79 Å². The zero-order valence-corrected chi connectivity index (χ0v) is 16.2. The molecule has 138 valence electrons. The van der Waals surface area contributed by atoms with Gasteiger partial charge in [0.2, 0.25) is 0 Å². The molecule has 0 aliphatic heterocycles. The molecular weight excluding hydrogens is 360 g/mol. The highest BCUT2D eigenvalue weighted by Gasteiger charge is 2.09. The number of rotatable bonds is 5. The molecule has 27 heavy (non-hydrogen) atoms. The number of nitrogens with one attached hydrogen (secondary N) is 2. The van der Waals surface area contributed by atoms with Gasteiger partial charge < -0.3 is 15.5 Å². The minimum atomic E-state index is -0.194. The van der Waals surface area contributed by atoms with E-state index in [-0.39, 0.29) is 5.91 Å². The van der Waals surface area contributed by atoms with E-state index < -0.39 is 0 Å². The fourth-order valence-corrected chi connectivity index (χ4v) is 2.74. The zero-order chi connectivity index (χ0) is 19.4. The molecule has 5 nitrogen and oxygen atoms in total. The predicted octanol–water partition coefficient (Wildman–Crippen LogP) is 5.11. The summed E-state index contributed by atoms with van der Waals surface area (Å²) in [5.41, 5.74) is 4.11. The van der Waals surface area contributed by atoms with Crippen molar-refractivity contribution in [1.29, 1.82) is 0 Å². The van der Waals surface area contributed by atoms with Gasteiger partial charge in [0.15, 0.2) is 0 Å². The van der Waals surface area contributed by atoms with Crippen molar-refractivity contribution in [3.8, 4) is 0 Å². The molecule has 6 heteroatoms. The molecule has 0 saturated carbocycles. The van der Waals surface area contributed by atoms with Crippen LogP contribution >= 0.6 is 11.6 Å². The van der Waals surface area contributed by atoms with E-state index in [0.717, 1.165) is 22.6 Å². The minimum Gasteiger partial charge on any atom is -0.378 e. The van der Waals surface area contributed by atoms with E-state index in [1.807, 2.05) is 68.4 Å². The molecule has 0 aliphatic carbocycles. The molecular formula is C21H21ClN4O. The van der Waals surface area contributed by atoms with Gasteiger partial charge in [-0.2, -0.15) is 0 Å². The van der Waals surface area contributed by atoms with Crippen LogP contribution in [0.2, 0.25) is 5.02 Å². The number of carbonyl (C=O) groups excluding carboxylic acids is 1. The Morgan fingerprint density at radius 3 is 2.52 bits per heavy atom. The summed E-state index contributed by atoms with van der Waals surface area (Å²) in [6.45, 7) is 1.93. The van der Waals surface area contributed by atoms with Gasteiger partial charge in [-0.25, -0.2) is 4.98 Å². The molecule has 1 amide bonds. The first-order valence-electron chi connectivity index (χ1n) is 8.51. The lowest BCUT2D eigenvalue weighted by Crippen LogP contribution is -2.13. The van der Waals surface area contributed by atoms with Gasteiger partial charge in [0.05, 0.1) is 0 Å². The monoisotopic (exact) mass is 380 g/mol. The Labute approximate surface area is 164 Å². The molecule has 2 aromatic carbocycles. The Morgan fingerprint density at radius 1 is 1.07 bits per heavy atom. The van der Waals surface area contributed by atoms with Crippen LogP contribution < -0.4 is 15.5 Å². The van der Waals surface area contributed by atoms with Gasteiger partial charge in [0, 0.05) is 47.9 Å². The summed E-state index contributed by atoms with van der Waals surface area (Å²) >= 11 is 6.16. The molecule has 0 unspecified atom stereocenters. The molecule has 0 aliphatic rings. The molecule has 0 saturated heterocycles. The van der Waals surface area contributed by atoms with Crippen molar-refractivity contribution in [2.75, 3.05) is 29.6 Å². The number of pyridine rings is 1. The quantitative estimate of drug-likeness (QED) is 0.646. The van der Waals surface area contributed by atoms with Crippen LogP contribution in [0, 0.1) is 6.92 Å². The Balaban J connectivity index is 1.74. The van der Waals surface area contributed by atoms with Gasteiger partial charge in [-0.15, -0.1) is 0 Å². The number of aromatic nitrogens is 1. The third kappa shape index (κ3) is 4.57. The summed E-state index contributed by atoms with van der Waals surface area (Å²) in [6.07, 6.45) is 1.60. The number of carbonyl (C=O) groups is 1. The largest absolute Gasteiger partial charge is 0.378 e. The normalized spacial score (nSPS) is 10.4. The van der Waals surface area contributed by atoms with E-state index in [0.29, 0.717) is 16.4 Å². The predicted molar refractivity (Wildman–Crippen MR) is 112 cm³/mol. The number of halogens is 1. The van der Waals surface area contributed by atoms with E-state index in [2.05, 4.69) is 15.6 Å². The Hall–Kier alpha value is -3.05. The highest BCUT2D eigenvalue weighted by atomic mass is 35.5. The van der Waals surface area contributed by atoms with Crippen molar-refractivity contribution in [2.45, 2.75) is 6.92 Å². The van der Waals surface area contributed by atoms with Crippen LogP contribution in [-0.4, -0.2) is 25.0 Å². The lowest BCUT2D eigenvalue weighted by atomic mass is 10.2. The van der Waals surface area contributed by atoms with Crippen LogP contribution in [0.25, 0.3) is 0 Å².